The highest BCUT2D eigenvalue weighted by Crippen LogP contribution is 2.26. The van der Waals surface area contributed by atoms with E-state index in [2.05, 4.69) is 82.8 Å². The second kappa shape index (κ2) is 13.6. The summed E-state index contributed by atoms with van der Waals surface area (Å²) in [6, 6.07) is 31.2. The second-order valence-corrected chi connectivity index (χ2v) is 9.50. The topological polar surface area (TPSA) is 47.6 Å². The Labute approximate surface area is 215 Å². The molecule has 1 heterocycles. The number of hydrogen-bond donors (Lipinski definition) is 2. The van der Waals surface area contributed by atoms with Crippen LogP contribution < -0.4 is 10.6 Å². The minimum atomic E-state index is -0.0377. The van der Waals surface area contributed by atoms with E-state index in [-0.39, 0.29) is 11.9 Å². The van der Waals surface area contributed by atoms with Crippen LogP contribution in [-0.4, -0.2) is 68.2 Å². The van der Waals surface area contributed by atoms with Crippen molar-refractivity contribution in [3.8, 4) is 0 Å². The van der Waals surface area contributed by atoms with Gasteiger partial charge in [0.05, 0.1) is 0 Å². The first kappa shape index (κ1) is 25.7. The molecule has 2 amide bonds. The van der Waals surface area contributed by atoms with Crippen molar-refractivity contribution in [2.45, 2.75) is 12.3 Å². The zero-order chi connectivity index (χ0) is 25.0. The summed E-state index contributed by atoms with van der Waals surface area (Å²) < 4.78 is 0. The molecule has 0 bridgehead atoms. The van der Waals surface area contributed by atoms with E-state index < -0.39 is 0 Å². The highest BCUT2D eigenvalue weighted by atomic mass is 16.2. The lowest BCUT2D eigenvalue weighted by Gasteiger charge is -2.32. The van der Waals surface area contributed by atoms with Gasteiger partial charge in [0.1, 0.15) is 0 Å². The van der Waals surface area contributed by atoms with Crippen molar-refractivity contribution in [3.05, 3.63) is 120 Å². The molecule has 0 atom stereocenters. The molecule has 3 aromatic rings. The summed E-state index contributed by atoms with van der Waals surface area (Å²) in [4.78, 5) is 17.9. The van der Waals surface area contributed by atoms with E-state index in [1.54, 1.807) is 0 Å². The lowest BCUT2D eigenvalue weighted by atomic mass is 9.90. The highest BCUT2D eigenvalue weighted by molar-refractivity contribution is 5.74. The first-order chi connectivity index (χ1) is 17.7. The Bertz CT molecular complexity index is 1030. The standard InChI is InChI=1S/C31H38N4O/c1-26(23-34-21-19-32-20-22-34)24-35(31(36)33-18-17-27-11-5-2-6-12-27)25-30(28-13-7-3-8-14-28)29-15-9-4-10-16-29/h2-16,30,32H,1,17-25H2,(H,33,36). The third kappa shape index (κ3) is 7.80. The summed E-state index contributed by atoms with van der Waals surface area (Å²) in [5.41, 5.74) is 4.70. The summed E-state index contributed by atoms with van der Waals surface area (Å²) in [6.07, 6.45) is 0.808. The molecule has 1 fully saturated rings. The second-order valence-electron chi connectivity index (χ2n) is 9.50. The average Bonchev–Trinajstić information content (AvgIpc) is 2.93. The van der Waals surface area contributed by atoms with Crippen LogP contribution >= 0.6 is 0 Å². The fourth-order valence-electron chi connectivity index (χ4n) is 4.79. The van der Waals surface area contributed by atoms with E-state index >= 15 is 0 Å². The molecule has 5 heteroatoms. The third-order valence-corrected chi connectivity index (χ3v) is 6.70. The first-order valence-electron chi connectivity index (χ1n) is 13.0. The molecule has 0 aromatic heterocycles. The number of urea groups is 1. The molecule has 0 unspecified atom stereocenters. The summed E-state index contributed by atoms with van der Waals surface area (Å²) >= 11 is 0. The van der Waals surface area contributed by atoms with E-state index in [4.69, 9.17) is 0 Å². The van der Waals surface area contributed by atoms with Crippen LogP contribution in [0.3, 0.4) is 0 Å². The van der Waals surface area contributed by atoms with Gasteiger partial charge in [-0.2, -0.15) is 0 Å². The first-order valence-corrected chi connectivity index (χ1v) is 13.0. The molecule has 2 N–H and O–H groups in total. The molecule has 4 rings (SSSR count). The number of benzene rings is 3. The van der Waals surface area contributed by atoms with Crippen LogP contribution in [0.1, 0.15) is 22.6 Å². The Hall–Kier alpha value is -3.41. The number of hydrogen-bond acceptors (Lipinski definition) is 3. The third-order valence-electron chi connectivity index (χ3n) is 6.70. The van der Waals surface area contributed by atoms with Crippen molar-refractivity contribution in [3.63, 3.8) is 0 Å². The number of rotatable bonds is 11. The fraction of sp³-hybridized carbons (Fsp3) is 0.323. The van der Waals surface area contributed by atoms with Crippen LogP contribution in [-0.2, 0) is 6.42 Å². The molecule has 1 aliphatic rings. The van der Waals surface area contributed by atoms with Gasteiger partial charge < -0.3 is 15.5 Å². The van der Waals surface area contributed by atoms with Gasteiger partial charge in [0, 0.05) is 58.3 Å². The Morgan fingerprint density at radius 3 is 2.03 bits per heavy atom. The van der Waals surface area contributed by atoms with Crippen LogP contribution in [0.4, 0.5) is 4.79 Å². The maximum atomic E-state index is 13.5. The minimum absolute atomic E-state index is 0.0377. The summed E-state index contributed by atoms with van der Waals surface area (Å²) in [5.74, 6) is 0.0826. The van der Waals surface area contributed by atoms with Crippen LogP contribution in [0.5, 0.6) is 0 Å². The van der Waals surface area contributed by atoms with E-state index in [0.717, 1.165) is 44.7 Å². The molecule has 1 saturated heterocycles. The molecule has 188 valence electrons. The lowest BCUT2D eigenvalue weighted by molar-refractivity contribution is 0.197. The molecule has 0 radical (unpaired) electrons. The summed E-state index contributed by atoms with van der Waals surface area (Å²) in [6.45, 7) is 10.9. The molecule has 36 heavy (non-hydrogen) atoms. The number of carbonyl (C=O) groups is 1. The van der Waals surface area contributed by atoms with E-state index in [1.807, 2.05) is 35.2 Å². The van der Waals surface area contributed by atoms with E-state index in [0.29, 0.717) is 19.6 Å². The molecular formula is C31H38N4O. The van der Waals surface area contributed by atoms with Crippen LogP contribution in [0.15, 0.2) is 103 Å². The summed E-state index contributed by atoms with van der Waals surface area (Å²) in [7, 11) is 0. The van der Waals surface area contributed by atoms with Crippen LogP contribution in [0, 0.1) is 0 Å². The predicted octanol–water partition coefficient (Wildman–Crippen LogP) is 4.53. The smallest absolute Gasteiger partial charge is 0.317 e. The van der Waals surface area contributed by atoms with Gasteiger partial charge in [-0.1, -0.05) is 97.6 Å². The predicted molar refractivity (Wildman–Crippen MR) is 148 cm³/mol. The molecular weight excluding hydrogens is 444 g/mol. The van der Waals surface area contributed by atoms with Gasteiger partial charge >= 0.3 is 6.03 Å². The molecule has 0 aliphatic carbocycles. The van der Waals surface area contributed by atoms with Gasteiger partial charge in [-0.3, -0.25) is 4.90 Å². The lowest BCUT2D eigenvalue weighted by Crippen LogP contribution is -2.47. The van der Waals surface area contributed by atoms with Gasteiger partial charge in [0.15, 0.2) is 0 Å². The monoisotopic (exact) mass is 482 g/mol. The molecule has 5 nitrogen and oxygen atoms in total. The SMILES string of the molecule is C=C(CN1CCNCC1)CN(CC(c1ccccc1)c1ccccc1)C(=O)NCCc1ccccc1. The van der Waals surface area contributed by atoms with Gasteiger partial charge in [-0.05, 0) is 28.7 Å². The Morgan fingerprint density at radius 1 is 0.889 bits per heavy atom. The average molecular weight is 483 g/mol. The summed E-state index contributed by atoms with van der Waals surface area (Å²) in [5, 5.41) is 6.57. The highest BCUT2D eigenvalue weighted by Gasteiger charge is 2.23. The Kier molecular flexibility index (Phi) is 9.71. The zero-order valence-corrected chi connectivity index (χ0v) is 21.1. The number of amides is 2. The van der Waals surface area contributed by atoms with Crippen molar-refractivity contribution in [2.75, 3.05) is 52.4 Å². The van der Waals surface area contributed by atoms with Crippen LogP contribution in [0.25, 0.3) is 0 Å². The van der Waals surface area contributed by atoms with Crippen LogP contribution in [0.2, 0.25) is 0 Å². The Balaban J connectivity index is 1.48. The van der Waals surface area contributed by atoms with Crippen molar-refractivity contribution in [2.24, 2.45) is 0 Å². The number of piperazine rings is 1. The van der Waals surface area contributed by atoms with Gasteiger partial charge in [0.25, 0.3) is 0 Å². The van der Waals surface area contributed by atoms with Crippen molar-refractivity contribution >= 4 is 6.03 Å². The normalized spacial score (nSPS) is 13.9. The number of carbonyl (C=O) groups excluding carboxylic acids is 1. The Morgan fingerprint density at radius 2 is 1.44 bits per heavy atom. The van der Waals surface area contributed by atoms with Crippen molar-refractivity contribution < 1.29 is 4.79 Å². The van der Waals surface area contributed by atoms with Gasteiger partial charge in [-0.15, -0.1) is 0 Å². The fourth-order valence-corrected chi connectivity index (χ4v) is 4.79. The molecule has 0 spiro atoms. The maximum absolute atomic E-state index is 13.5. The van der Waals surface area contributed by atoms with E-state index in [1.165, 1.54) is 16.7 Å². The van der Waals surface area contributed by atoms with Gasteiger partial charge in [-0.25, -0.2) is 4.79 Å². The van der Waals surface area contributed by atoms with Crippen molar-refractivity contribution in [1.82, 2.24) is 20.4 Å². The number of nitrogens with zero attached hydrogens (tertiary/aromatic N) is 2. The number of nitrogens with one attached hydrogen (secondary N) is 2. The maximum Gasteiger partial charge on any atom is 0.317 e. The zero-order valence-electron chi connectivity index (χ0n) is 21.1. The molecule has 1 aliphatic heterocycles. The quantitative estimate of drug-likeness (QED) is 0.395. The van der Waals surface area contributed by atoms with Gasteiger partial charge in [0.2, 0.25) is 0 Å². The minimum Gasteiger partial charge on any atom is -0.338 e. The van der Waals surface area contributed by atoms with Crippen molar-refractivity contribution in [1.29, 1.82) is 0 Å². The largest absolute Gasteiger partial charge is 0.338 e. The molecule has 3 aromatic carbocycles. The van der Waals surface area contributed by atoms with E-state index in [9.17, 15) is 4.79 Å². The molecule has 0 saturated carbocycles.